The Morgan fingerprint density at radius 2 is 1.46 bits per heavy atom. The summed E-state index contributed by atoms with van der Waals surface area (Å²) in [6, 6.07) is 13.3. The van der Waals surface area contributed by atoms with Crippen molar-refractivity contribution in [1.29, 1.82) is 0 Å². The van der Waals surface area contributed by atoms with Crippen molar-refractivity contribution < 1.29 is 34.8 Å². The van der Waals surface area contributed by atoms with Gasteiger partial charge in [0.1, 0.15) is 0 Å². The molecule has 0 atom stereocenters. The van der Waals surface area contributed by atoms with Crippen LogP contribution in [0.2, 0.25) is 5.02 Å². The average Bonchev–Trinajstić information content (AvgIpc) is 2.74. The molecule has 0 aliphatic heterocycles. The van der Waals surface area contributed by atoms with Crippen molar-refractivity contribution in [3.8, 4) is 0 Å². The molecular weight excluding hydrogens is 531 g/mol. The van der Waals surface area contributed by atoms with Crippen molar-refractivity contribution in [2.75, 3.05) is 21.0 Å². The van der Waals surface area contributed by atoms with E-state index in [0.29, 0.717) is 6.07 Å². The van der Waals surface area contributed by atoms with Crippen LogP contribution in [0.5, 0.6) is 0 Å². The van der Waals surface area contributed by atoms with Crippen LogP contribution < -0.4 is 14.8 Å². The molecule has 1 amide bonds. The summed E-state index contributed by atoms with van der Waals surface area (Å²) < 4.78 is 91.6. The Hall–Kier alpha value is -3.29. The number of benzene rings is 3. The Balaban J connectivity index is 1.78. The van der Waals surface area contributed by atoms with Gasteiger partial charge in [0.2, 0.25) is 10.0 Å². The fraction of sp³-hybridized carbons (Fsp3) is 0.0952. The standard InChI is InChI=1S/C21H17ClF3N3O5S2/c1-34(30,31)28-19-5-3-2-4-16(19)20(29)26-13-6-9-15(10-7-13)35(32,33)27-14-8-11-18(22)17(12-14)21(23,24)25/h2-12,27-28H,1H3,(H,26,29). The van der Waals surface area contributed by atoms with Gasteiger partial charge in [-0.05, 0) is 54.6 Å². The summed E-state index contributed by atoms with van der Waals surface area (Å²) in [5.41, 5.74) is -1.26. The van der Waals surface area contributed by atoms with Crippen molar-refractivity contribution in [2.45, 2.75) is 11.1 Å². The number of nitrogens with one attached hydrogen (secondary N) is 3. The molecule has 0 aliphatic rings. The molecule has 0 fully saturated rings. The summed E-state index contributed by atoms with van der Waals surface area (Å²) in [4.78, 5) is 12.3. The first-order chi connectivity index (χ1) is 16.2. The van der Waals surface area contributed by atoms with Crippen LogP contribution in [0, 0.1) is 0 Å². The molecule has 35 heavy (non-hydrogen) atoms. The third-order valence-electron chi connectivity index (χ3n) is 4.41. The van der Waals surface area contributed by atoms with E-state index in [0.717, 1.165) is 30.5 Å². The van der Waals surface area contributed by atoms with Crippen molar-refractivity contribution >= 4 is 54.6 Å². The molecule has 3 N–H and O–H groups in total. The van der Waals surface area contributed by atoms with Crippen LogP contribution in [-0.4, -0.2) is 29.0 Å². The van der Waals surface area contributed by atoms with E-state index in [9.17, 15) is 34.8 Å². The van der Waals surface area contributed by atoms with E-state index in [2.05, 4.69) is 14.8 Å². The van der Waals surface area contributed by atoms with E-state index in [1.165, 1.54) is 36.4 Å². The number of halogens is 4. The van der Waals surface area contributed by atoms with Crippen molar-refractivity contribution in [1.82, 2.24) is 0 Å². The van der Waals surface area contributed by atoms with E-state index in [-0.39, 0.29) is 27.5 Å². The van der Waals surface area contributed by atoms with Gasteiger partial charge in [0.15, 0.2) is 0 Å². The summed E-state index contributed by atoms with van der Waals surface area (Å²) in [6.45, 7) is 0. The van der Waals surface area contributed by atoms with Crippen LogP contribution in [0.3, 0.4) is 0 Å². The number of alkyl halides is 3. The molecule has 0 radical (unpaired) electrons. The van der Waals surface area contributed by atoms with Crippen LogP contribution in [0.1, 0.15) is 15.9 Å². The largest absolute Gasteiger partial charge is 0.417 e. The van der Waals surface area contributed by atoms with Crippen LogP contribution in [0.25, 0.3) is 0 Å². The molecule has 0 bridgehead atoms. The highest BCUT2D eigenvalue weighted by Gasteiger charge is 2.33. The minimum atomic E-state index is -4.77. The van der Waals surface area contributed by atoms with Crippen molar-refractivity contribution in [3.05, 3.63) is 82.9 Å². The molecule has 0 aliphatic carbocycles. The highest BCUT2D eigenvalue weighted by molar-refractivity contribution is 7.92. The molecule has 0 spiro atoms. The topological polar surface area (TPSA) is 121 Å². The molecule has 0 saturated carbocycles. The van der Waals surface area contributed by atoms with E-state index in [1.807, 2.05) is 0 Å². The maximum atomic E-state index is 13.0. The Bertz CT molecular complexity index is 1480. The minimum absolute atomic E-state index is 0.0273. The molecule has 0 heterocycles. The number of rotatable bonds is 7. The van der Waals surface area contributed by atoms with E-state index >= 15 is 0 Å². The number of carbonyl (C=O) groups excluding carboxylic acids is 1. The smallest absolute Gasteiger partial charge is 0.322 e. The minimum Gasteiger partial charge on any atom is -0.322 e. The molecule has 0 unspecified atom stereocenters. The number of anilines is 3. The predicted octanol–water partition coefficient (Wildman–Crippen LogP) is 4.78. The average molecular weight is 548 g/mol. The SMILES string of the molecule is CS(=O)(=O)Nc1ccccc1C(=O)Nc1ccc(S(=O)(=O)Nc2ccc(Cl)c(C(F)(F)F)c2)cc1. The van der Waals surface area contributed by atoms with Gasteiger partial charge in [0.05, 0.1) is 33.0 Å². The third-order valence-corrected chi connectivity index (χ3v) is 6.73. The van der Waals surface area contributed by atoms with Gasteiger partial charge >= 0.3 is 6.18 Å². The normalized spacial score (nSPS) is 12.1. The van der Waals surface area contributed by atoms with Crippen LogP contribution in [0.4, 0.5) is 30.2 Å². The van der Waals surface area contributed by atoms with Gasteiger partial charge in [-0.15, -0.1) is 0 Å². The van der Waals surface area contributed by atoms with Gasteiger partial charge < -0.3 is 5.32 Å². The van der Waals surface area contributed by atoms with Gasteiger partial charge in [-0.25, -0.2) is 16.8 Å². The second-order valence-electron chi connectivity index (χ2n) is 7.20. The van der Waals surface area contributed by atoms with Gasteiger partial charge in [-0.3, -0.25) is 14.2 Å². The Labute approximate surface area is 204 Å². The lowest BCUT2D eigenvalue weighted by molar-refractivity contribution is -0.137. The summed E-state index contributed by atoms with van der Waals surface area (Å²) >= 11 is 5.55. The number of sulfonamides is 2. The quantitative estimate of drug-likeness (QED) is 0.393. The number of hydrogen-bond acceptors (Lipinski definition) is 5. The van der Waals surface area contributed by atoms with Gasteiger partial charge in [-0.2, -0.15) is 13.2 Å². The number of carbonyl (C=O) groups is 1. The van der Waals surface area contributed by atoms with Gasteiger partial charge in [0.25, 0.3) is 15.9 Å². The molecule has 186 valence electrons. The Morgan fingerprint density at radius 3 is 2.06 bits per heavy atom. The number of para-hydroxylation sites is 1. The Morgan fingerprint density at radius 1 is 0.857 bits per heavy atom. The van der Waals surface area contributed by atoms with Crippen LogP contribution in [0.15, 0.2) is 71.6 Å². The molecule has 14 heteroatoms. The second kappa shape index (κ2) is 9.76. The van der Waals surface area contributed by atoms with Crippen molar-refractivity contribution in [2.24, 2.45) is 0 Å². The number of amides is 1. The first-order valence-electron chi connectivity index (χ1n) is 9.53. The second-order valence-corrected chi connectivity index (χ2v) is 11.0. The third kappa shape index (κ3) is 6.87. The number of hydrogen-bond donors (Lipinski definition) is 3. The van der Waals surface area contributed by atoms with E-state index in [1.54, 1.807) is 0 Å². The van der Waals surface area contributed by atoms with E-state index < -0.39 is 42.7 Å². The zero-order chi connectivity index (χ0) is 26.0. The summed E-state index contributed by atoms with van der Waals surface area (Å²) in [7, 11) is -7.90. The highest BCUT2D eigenvalue weighted by atomic mass is 35.5. The lowest BCUT2D eigenvalue weighted by Crippen LogP contribution is -2.17. The fourth-order valence-electron chi connectivity index (χ4n) is 2.91. The van der Waals surface area contributed by atoms with Gasteiger partial charge in [-0.1, -0.05) is 23.7 Å². The maximum Gasteiger partial charge on any atom is 0.417 e. The molecule has 0 aromatic heterocycles. The van der Waals surface area contributed by atoms with Crippen LogP contribution in [-0.2, 0) is 26.2 Å². The maximum absolute atomic E-state index is 13.0. The summed E-state index contributed by atoms with van der Waals surface area (Å²) in [5, 5.41) is 1.94. The summed E-state index contributed by atoms with van der Waals surface area (Å²) in [5.74, 6) is -0.661. The molecular formula is C21H17ClF3N3O5S2. The zero-order valence-corrected chi connectivity index (χ0v) is 20.1. The lowest BCUT2D eigenvalue weighted by atomic mass is 10.1. The lowest BCUT2D eigenvalue weighted by Gasteiger charge is -2.13. The first kappa shape index (κ1) is 26.3. The highest BCUT2D eigenvalue weighted by Crippen LogP contribution is 2.36. The Kier molecular flexibility index (Phi) is 7.34. The molecule has 8 nitrogen and oxygen atoms in total. The fourth-order valence-corrected chi connectivity index (χ4v) is 4.76. The summed E-state index contributed by atoms with van der Waals surface area (Å²) in [6.07, 6.45) is -3.84. The van der Waals surface area contributed by atoms with Crippen molar-refractivity contribution in [3.63, 3.8) is 0 Å². The first-order valence-corrected chi connectivity index (χ1v) is 13.3. The predicted molar refractivity (Wildman–Crippen MR) is 127 cm³/mol. The van der Waals surface area contributed by atoms with Gasteiger partial charge in [0, 0.05) is 11.4 Å². The monoisotopic (exact) mass is 547 g/mol. The molecule has 0 saturated heterocycles. The zero-order valence-electron chi connectivity index (χ0n) is 17.7. The molecule has 3 aromatic carbocycles. The molecule has 3 rings (SSSR count). The van der Waals surface area contributed by atoms with E-state index in [4.69, 9.17) is 11.6 Å². The molecule has 3 aromatic rings. The van der Waals surface area contributed by atoms with Crippen LogP contribution >= 0.6 is 11.6 Å².